The van der Waals surface area contributed by atoms with Crippen LogP contribution in [0.5, 0.6) is 0 Å². The van der Waals surface area contributed by atoms with Crippen molar-refractivity contribution in [3.63, 3.8) is 0 Å². The number of carboxylic acid groups (broad SMARTS) is 1. The van der Waals surface area contributed by atoms with Gasteiger partial charge in [0.05, 0.1) is 16.9 Å². The van der Waals surface area contributed by atoms with Crippen LogP contribution in [0.3, 0.4) is 0 Å². The van der Waals surface area contributed by atoms with Gasteiger partial charge < -0.3 is 15.7 Å². The zero-order chi connectivity index (χ0) is 14.6. The van der Waals surface area contributed by atoms with Gasteiger partial charge in [-0.1, -0.05) is 20.3 Å². The first-order valence-corrected chi connectivity index (χ1v) is 6.26. The van der Waals surface area contributed by atoms with E-state index in [2.05, 4.69) is 0 Å². The van der Waals surface area contributed by atoms with Crippen LogP contribution in [0.2, 0.25) is 0 Å². The average molecular weight is 264 g/mol. The van der Waals surface area contributed by atoms with Crippen LogP contribution < -0.4 is 10.6 Å². The van der Waals surface area contributed by atoms with Gasteiger partial charge in [-0.15, -0.1) is 0 Å². The molecule has 19 heavy (non-hydrogen) atoms. The van der Waals surface area contributed by atoms with Crippen LogP contribution in [-0.2, 0) is 4.79 Å². The van der Waals surface area contributed by atoms with Gasteiger partial charge in [0.1, 0.15) is 0 Å². The Hall–Kier alpha value is -2.04. The molecule has 0 saturated carbocycles. The van der Waals surface area contributed by atoms with E-state index >= 15 is 0 Å². The number of carboxylic acids is 1. The lowest BCUT2D eigenvalue weighted by Crippen LogP contribution is -2.28. The molecule has 3 N–H and O–H groups in total. The summed E-state index contributed by atoms with van der Waals surface area (Å²) in [6.07, 6.45) is 1.39. The normalized spacial score (nSPS) is 11.9. The summed E-state index contributed by atoms with van der Waals surface area (Å²) in [5.74, 6) is -0.745. The summed E-state index contributed by atoms with van der Waals surface area (Å²) in [6, 6.07) is 4.37. The molecule has 0 aliphatic rings. The maximum absolute atomic E-state index is 12.0. The summed E-state index contributed by atoms with van der Waals surface area (Å²) in [5.41, 5.74) is 6.75. The number of carbonyl (C=O) groups excluding carboxylic acids is 1. The van der Waals surface area contributed by atoms with E-state index in [-0.39, 0.29) is 11.5 Å². The summed E-state index contributed by atoms with van der Waals surface area (Å²) in [5, 5.41) is 8.86. The number of hydrogen-bond donors (Lipinski definition) is 2. The first-order chi connectivity index (χ1) is 8.86. The molecule has 5 nitrogen and oxygen atoms in total. The summed E-state index contributed by atoms with van der Waals surface area (Å²) in [6.45, 7) is 4.05. The number of anilines is 2. The molecule has 0 aromatic heterocycles. The molecule has 0 saturated heterocycles. The highest BCUT2D eigenvalue weighted by Gasteiger charge is 2.16. The van der Waals surface area contributed by atoms with Crippen molar-refractivity contribution in [3.8, 4) is 0 Å². The first kappa shape index (κ1) is 15.0. The number of amides is 1. The highest BCUT2D eigenvalue weighted by Crippen LogP contribution is 2.24. The minimum absolute atomic E-state index is 0.0240. The van der Waals surface area contributed by atoms with Gasteiger partial charge in [0.25, 0.3) is 0 Å². The summed E-state index contributed by atoms with van der Waals surface area (Å²) >= 11 is 0. The van der Waals surface area contributed by atoms with Crippen LogP contribution in [0.4, 0.5) is 11.4 Å². The Labute approximate surface area is 113 Å². The molecule has 104 valence electrons. The van der Waals surface area contributed by atoms with Gasteiger partial charge in [-0.3, -0.25) is 4.79 Å². The third-order valence-electron chi connectivity index (χ3n) is 3.23. The standard InChI is InChI=1S/C14H20N2O3/c1-4-9(2)7-13(17)16(3)12-6-5-10(14(18)19)8-11(12)15/h5-6,8-9H,4,7,15H2,1-3H3,(H,18,19). The molecule has 1 amide bonds. The van der Waals surface area contributed by atoms with Crippen molar-refractivity contribution >= 4 is 23.3 Å². The summed E-state index contributed by atoms with van der Waals surface area (Å²) < 4.78 is 0. The van der Waals surface area contributed by atoms with Crippen LogP contribution >= 0.6 is 0 Å². The number of carbonyl (C=O) groups is 2. The number of benzene rings is 1. The third kappa shape index (κ3) is 3.71. The Bertz CT molecular complexity index is 486. The van der Waals surface area contributed by atoms with E-state index in [0.29, 0.717) is 23.7 Å². The molecule has 0 aliphatic carbocycles. The first-order valence-electron chi connectivity index (χ1n) is 6.26. The maximum Gasteiger partial charge on any atom is 0.335 e. The fourth-order valence-electron chi connectivity index (χ4n) is 1.71. The number of nitrogen functional groups attached to an aromatic ring is 1. The molecular weight excluding hydrogens is 244 g/mol. The van der Waals surface area contributed by atoms with Crippen molar-refractivity contribution in [1.29, 1.82) is 0 Å². The van der Waals surface area contributed by atoms with Crippen molar-refractivity contribution in [3.05, 3.63) is 23.8 Å². The van der Waals surface area contributed by atoms with Gasteiger partial charge in [-0.05, 0) is 24.1 Å². The molecule has 0 bridgehead atoms. The van der Waals surface area contributed by atoms with Crippen LogP contribution in [0.25, 0.3) is 0 Å². The van der Waals surface area contributed by atoms with E-state index in [1.807, 2.05) is 13.8 Å². The molecule has 1 unspecified atom stereocenters. The fourth-order valence-corrected chi connectivity index (χ4v) is 1.71. The monoisotopic (exact) mass is 264 g/mol. The Balaban J connectivity index is 2.91. The van der Waals surface area contributed by atoms with Crippen LogP contribution in [-0.4, -0.2) is 24.0 Å². The van der Waals surface area contributed by atoms with Crippen molar-refractivity contribution in [2.45, 2.75) is 26.7 Å². The predicted octanol–water partition coefficient (Wildman–Crippen LogP) is 2.37. The van der Waals surface area contributed by atoms with Crippen molar-refractivity contribution in [2.24, 2.45) is 5.92 Å². The van der Waals surface area contributed by atoms with Gasteiger partial charge in [0.15, 0.2) is 0 Å². The fraction of sp³-hybridized carbons (Fsp3) is 0.429. The largest absolute Gasteiger partial charge is 0.478 e. The molecule has 1 atom stereocenters. The zero-order valence-corrected chi connectivity index (χ0v) is 11.5. The molecule has 1 aromatic rings. The SMILES string of the molecule is CCC(C)CC(=O)N(C)c1ccc(C(=O)O)cc1N. The van der Waals surface area contributed by atoms with E-state index in [4.69, 9.17) is 10.8 Å². The van der Waals surface area contributed by atoms with Gasteiger partial charge in [0.2, 0.25) is 5.91 Å². The predicted molar refractivity (Wildman–Crippen MR) is 75.3 cm³/mol. The van der Waals surface area contributed by atoms with E-state index in [1.165, 1.54) is 17.0 Å². The summed E-state index contributed by atoms with van der Waals surface area (Å²) in [7, 11) is 1.65. The van der Waals surface area contributed by atoms with E-state index in [0.717, 1.165) is 6.42 Å². The van der Waals surface area contributed by atoms with Crippen LogP contribution in [0.1, 0.15) is 37.0 Å². The molecule has 0 heterocycles. The molecule has 1 aromatic carbocycles. The second kappa shape index (κ2) is 6.22. The molecule has 0 radical (unpaired) electrons. The number of aromatic carboxylic acids is 1. The lowest BCUT2D eigenvalue weighted by molar-refractivity contribution is -0.119. The van der Waals surface area contributed by atoms with E-state index in [1.54, 1.807) is 13.1 Å². The minimum atomic E-state index is -1.04. The van der Waals surface area contributed by atoms with Crippen LogP contribution in [0, 0.1) is 5.92 Å². The van der Waals surface area contributed by atoms with Gasteiger partial charge >= 0.3 is 5.97 Å². The van der Waals surface area contributed by atoms with Crippen molar-refractivity contribution < 1.29 is 14.7 Å². The zero-order valence-electron chi connectivity index (χ0n) is 11.5. The highest BCUT2D eigenvalue weighted by atomic mass is 16.4. The third-order valence-corrected chi connectivity index (χ3v) is 3.23. The summed E-state index contributed by atoms with van der Waals surface area (Å²) in [4.78, 5) is 24.3. The Kier molecular flexibility index (Phi) is 4.92. The minimum Gasteiger partial charge on any atom is -0.478 e. The van der Waals surface area contributed by atoms with Crippen molar-refractivity contribution in [2.75, 3.05) is 17.7 Å². The van der Waals surface area contributed by atoms with Gasteiger partial charge in [-0.25, -0.2) is 4.79 Å². The molecule has 0 aliphatic heterocycles. The lowest BCUT2D eigenvalue weighted by Gasteiger charge is -2.21. The quantitative estimate of drug-likeness (QED) is 0.800. The maximum atomic E-state index is 12.0. The number of nitrogens with two attached hydrogens (primary N) is 1. The number of rotatable bonds is 5. The second-order valence-corrected chi connectivity index (χ2v) is 4.75. The molecule has 0 spiro atoms. The highest BCUT2D eigenvalue weighted by molar-refractivity contribution is 5.97. The van der Waals surface area contributed by atoms with Gasteiger partial charge in [0, 0.05) is 13.5 Å². The van der Waals surface area contributed by atoms with Gasteiger partial charge in [-0.2, -0.15) is 0 Å². The van der Waals surface area contributed by atoms with Crippen molar-refractivity contribution in [1.82, 2.24) is 0 Å². The topological polar surface area (TPSA) is 83.6 Å². The molecule has 1 rings (SSSR count). The van der Waals surface area contributed by atoms with E-state index in [9.17, 15) is 9.59 Å². The number of hydrogen-bond acceptors (Lipinski definition) is 3. The molecular formula is C14H20N2O3. The van der Waals surface area contributed by atoms with Crippen LogP contribution in [0.15, 0.2) is 18.2 Å². The van der Waals surface area contributed by atoms with E-state index < -0.39 is 5.97 Å². The second-order valence-electron chi connectivity index (χ2n) is 4.75. The lowest BCUT2D eigenvalue weighted by atomic mass is 10.0. The Morgan fingerprint density at radius 2 is 2.05 bits per heavy atom. The average Bonchev–Trinajstić information content (AvgIpc) is 2.37. The smallest absolute Gasteiger partial charge is 0.335 e. The Morgan fingerprint density at radius 1 is 1.42 bits per heavy atom. The molecule has 0 fully saturated rings. The Morgan fingerprint density at radius 3 is 2.53 bits per heavy atom. The molecule has 5 heteroatoms. The number of nitrogens with zero attached hydrogens (tertiary/aromatic N) is 1.